The lowest BCUT2D eigenvalue weighted by Crippen LogP contribution is -2.39. The van der Waals surface area contributed by atoms with E-state index in [9.17, 15) is 37.0 Å². The van der Waals surface area contributed by atoms with Crippen LogP contribution in [0.1, 0.15) is 34.5 Å². The summed E-state index contributed by atoms with van der Waals surface area (Å²) in [5.74, 6) is -2.26. The zero-order valence-electron chi connectivity index (χ0n) is 16.4. The molecule has 170 valence electrons. The molecular formula is C18H21F3N4O5S. The molecule has 0 radical (unpaired) electrons. The van der Waals surface area contributed by atoms with Gasteiger partial charge in [-0.1, -0.05) is 18.2 Å². The first-order chi connectivity index (χ1) is 14.4. The number of benzene rings is 1. The fourth-order valence-electron chi connectivity index (χ4n) is 3.21. The van der Waals surface area contributed by atoms with E-state index in [1.165, 1.54) is 25.2 Å². The lowest BCUT2D eigenvalue weighted by Gasteiger charge is -2.46. The molecule has 0 saturated carbocycles. The van der Waals surface area contributed by atoms with E-state index in [0.717, 1.165) is 14.9 Å². The van der Waals surface area contributed by atoms with Crippen LogP contribution in [0.25, 0.3) is 0 Å². The highest BCUT2D eigenvalue weighted by atomic mass is 32.3. The van der Waals surface area contributed by atoms with Crippen LogP contribution < -0.4 is 15.2 Å². The molecule has 1 saturated heterocycles. The molecule has 0 spiro atoms. The minimum absolute atomic E-state index is 0.0551. The summed E-state index contributed by atoms with van der Waals surface area (Å²) in [6.07, 6.45) is -3.49. The van der Waals surface area contributed by atoms with Crippen LogP contribution in [0.4, 0.5) is 19.1 Å². The number of alkyl halides is 3. The molecule has 2 heterocycles. The Morgan fingerprint density at radius 1 is 1.26 bits per heavy atom. The quantitative estimate of drug-likeness (QED) is 0.550. The van der Waals surface area contributed by atoms with Gasteiger partial charge in [0.1, 0.15) is 0 Å². The Hall–Kier alpha value is -2.77. The van der Waals surface area contributed by atoms with Gasteiger partial charge in [-0.15, -0.1) is 10.8 Å². The van der Waals surface area contributed by atoms with Crippen molar-refractivity contribution in [3.63, 3.8) is 0 Å². The molecule has 4 N–H and O–H groups in total. The van der Waals surface area contributed by atoms with Crippen molar-refractivity contribution in [2.75, 3.05) is 16.6 Å². The number of hydrogen-bond acceptors (Lipinski definition) is 7. The largest absolute Gasteiger partial charge is 0.501 e. The molecule has 2 aromatic rings. The molecule has 1 aliphatic heterocycles. The van der Waals surface area contributed by atoms with Crippen molar-refractivity contribution < 1.29 is 32.2 Å². The maximum Gasteiger partial charge on any atom is 0.416 e. The van der Waals surface area contributed by atoms with E-state index in [-0.39, 0.29) is 23.8 Å². The van der Waals surface area contributed by atoms with E-state index in [2.05, 4.69) is 10.3 Å². The number of nitrogens with zero attached hydrogens (tertiary/aromatic N) is 3. The molecule has 3 rings (SSSR count). The first-order valence-corrected chi connectivity index (χ1v) is 10.9. The highest BCUT2D eigenvalue weighted by Crippen LogP contribution is 2.48. The van der Waals surface area contributed by atoms with Crippen molar-refractivity contribution in [1.29, 1.82) is 0 Å². The van der Waals surface area contributed by atoms with Gasteiger partial charge in [0, 0.05) is 20.1 Å². The second-order valence-electron chi connectivity index (χ2n) is 6.96. The van der Waals surface area contributed by atoms with Crippen LogP contribution in [-0.4, -0.2) is 42.0 Å². The summed E-state index contributed by atoms with van der Waals surface area (Å²) < 4.78 is 62.0. The van der Waals surface area contributed by atoms with E-state index in [1.54, 1.807) is 0 Å². The van der Waals surface area contributed by atoms with Crippen LogP contribution in [-0.2, 0) is 19.8 Å². The minimum Gasteiger partial charge on any atom is -0.501 e. The topological polar surface area (TPSA) is 128 Å². The molecule has 13 heteroatoms. The zero-order valence-corrected chi connectivity index (χ0v) is 17.2. The number of aromatic hydroxyl groups is 1. The number of hydrogen-bond donors (Lipinski definition) is 4. The molecule has 0 aliphatic carbocycles. The molecule has 0 bridgehead atoms. The van der Waals surface area contributed by atoms with Crippen molar-refractivity contribution >= 4 is 22.6 Å². The zero-order chi connectivity index (χ0) is 23.0. The molecule has 0 unspecified atom stereocenters. The number of rotatable bonds is 4. The Kier molecular flexibility index (Phi) is 6.21. The summed E-state index contributed by atoms with van der Waals surface area (Å²) in [7, 11) is -2.03. The standard InChI is InChI=1S/C18H21F3N4O5S/c1-24-16(28)14(26)13(23-17(24)25-8-4-5-9-31(25,29)30)15(27)22-10-11-6-2-3-7-12(11)18(19,20)21/h2-3,6-7,26,29-30H,4-5,8-10H2,1H3,(H,22,27). The average Bonchev–Trinajstić information content (AvgIpc) is 2.70. The second kappa shape index (κ2) is 8.40. The van der Waals surface area contributed by atoms with Crippen LogP contribution >= 0.6 is 10.8 Å². The lowest BCUT2D eigenvalue weighted by atomic mass is 10.1. The predicted octanol–water partition coefficient (Wildman–Crippen LogP) is 2.70. The van der Waals surface area contributed by atoms with Crippen molar-refractivity contribution in [2.45, 2.75) is 25.6 Å². The molecule has 1 aliphatic rings. The number of nitrogens with one attached hydrogen (secondary N) is 1. The fourth-order valence-corrected chi connectivity index (χ4v) is 4.87. The van der Waals surface area contributed by atoms with E-state index in [1.807, 2.05) is 0 Å². The third-order valence-corrected chi connectivity index (χ3v) is 6.71. The average molecular weight is 462 g/mol. The normalized spacial score (nSPS) is 17.3. The van der Waals surface area contributed by atoms with E-state index >= 15 is 0 Å². The van der Waals surface area contributed by atoms with Gasteiger partial charge in [0.2, 0.25) is 11.7 Å². The molecule has 1 amide bonds. The third kappa shape index (κ3) is 4.62. The maximum absolute atomic E-state index is 13.1. The van der Waals surface area contributed by atoms with Crippen molar-refractivity contribution in [1.82, 2.24) is 14.9 Å². The number of aromatic nitrogens is 2. The van der Waals surface area contributed by atoms with Gasteiger partial charge in [0.15, 0.2) is 5.69 Å². The SMILES string of the molecule is Cn1c(N2CCCCS2(O)O)nc(C(=O)NCc2ccccc2C(F)(F)F)c(O)c1=O. The van der Waals surface area contributed by atoms with Crippen molar-refractivity contribution in [2.24, 2.45) is 7.05 Å². The van der Waals surface area contributed by atoms with Gasteiger partial charge < -0.3 is 10.4 Å². The predicted molar refractivity (Wildman–Crippen MR) is 108 cm³/mol. The molecule has 0 atom stereocenters. The minimum atomic E-state index is -4.62. The molecule has 1 fully saturated rings. The monoisotopic (exact) mass is 462 g/mol. The lowest BCUT2D eigenvalue weighted by molar-refractivity contribution is -0.138. The highest BCUT2D eigenvalue weighted by Gasteiger charge is 2.34. The summed E-state index contributed by atoms with van der Waals surface area (Å²) in [5.41, 5.74) is -2.87. The van der Waals surface area contributed by atoms with Gasteiger partial charge in [0.05, 0.1) is 11.3 Å². The Morgan fingerprint density at radius 3 is 2.58 bits per heavy atom. The first-order valence-electron chi connectivity index (χ1n) is 9.20. The number of amides is 1. The van der Waals surface area contributed by atoms with E-state index < -0.39 is 52.0 Å². The number of halogens is 3. The van der Waals surface area contributed by atoms with Gasteiger partial charge in [-0.3, -0.25) is 23.3 Å². The molecule has 9 nitrogen and oxygen atoms in total. The Balaban J connectivity index is 1.92. The van der Waals surface area contributed by atoms with Crippen LogP contribution in [0.5, 0.6) is 5.75 Å². The Bertz CT molecular complexity index is 1060. The van der Waals surface area contributed by atoms with Crippen molar-refractivity contribution in [3.8, 4) is 5.75 Å². The van der Waals surface area contributed by atoms with Crippen LogP contribution in [0.15, 0.2) is 29.1 Å². The van der Waals surface area contributed by atoms with Crippen molar-refractivity contribution in [3.05, 3.63) is 51.4 Å². The van der Waals surface area contributed by atoms with Gasteiger partial charge in [-0.05, 0) is 24.5 Å². The summed E-state index contributed by atoms with van der Waals surface area (Å²) >= 11 is 0. The number of carbonyl (C=O) groups excluding carboxylic acids is 1. The van der Waals surface area contributed by atoms with E-state index in [0.29, 0.717) is 12.8 Å². The molecular weight excluding hydrogens is 441 g/mol. The first kappa shape index (κ1) is 22.9. The van der Waals surface area contributed by atoms with Gasteiger partial charge >= 0.3 is 6.18 Å². The van der Waals surface area contributed by atoms with E-state index in [4.69, 9.17) is 0 Å². The Labute approximate surface area is 176 Å². The molecule has 1 aromatic heterocycles. The summed E-state index contributed by atoms with van der Waals surface area (Å²) in [4.78, 5) is 28.9. The van der Waals surface area contributed by atoms with Gasteiger partial charge in [-0.25, -0.2) is 9.29 Å². The maximum atomic E-state index is 13.1. The smallest absolute Gasteiger partial charge is 0.416 e. The summed E-state index contributed by atoms with van der Waals surface area (Å²) in [6, 6.07) is 4.65. The van der Waals surface area contributed by atoms with Gasteiger partial charge in [-0.2, -0.15) is 13.2 Å². The van der Waals surface area contributed by atoms with Crippen LogP contribution in [0.2, 0.25) is 0 Å². The summed E-state index contributed by atoms with van der Waals surface area (Å²) in [6.45, 7) is -0.369. The number of anilines is 1. The molecule has 31 heavy (non-hydrogen) atoms. The fraction of sp³-hybridized carbons (Fsp3) is 0.389. The number of carbonyl (C=O) groups is 1. The second-order valence-corrected chi connectivity index (χ2v) is 9.07. The summed E-state index contributed by atoms with van der Waals surface area (Å²) in [5, 5.41) is 12.3. The highest BCUT2D eigenvalue weighted by molar-refractivity contribution is 8.25. The Morgan fingerprint density at radius 2 is 1.94 bits per heavy atom. The van der Waals surface area contributed by atoms with Crippen LogP contribution in [0, 0.1) is 0 Å². The molecule has 1 aromatic carbocycles. The van der Waals surface area contributed by atoms with Crippen LogP contribution in [0.3, 0.4) is 0 Å². The van der Waals surface area contributed by atoms with Gasteiger partial charge in [0.25, 0.3) is 11.5 Å². The third-order valence-electron chi connectivity index (χ3n) is 4.83.